The second-order valence-electron chi connectivity index (χ2n) is 9.92. The Morgan fingerprint density at radius 2 is 1.97 bits per heavy atom. The summed E-state index contributed by atoms with van der Waals surface area (Å²) in [6.45, 7) is 8.40. The van der Waals surface area contributed by atoms with Gasteiger partial charge in [-0.15, -0.1) is 0 Å². The van der Waals surface area contributed by atoms with Crippen molar-refractivity contribution in [3.8, 4) is 6.07 Å². The summed E-state index contributed by atoms with van der Waals surface area (Å²) in [6.07, 6.45) is 11.2. The number of nitriles is 1. The van der Waals surface area contributed by atoms with Crippen molar-refractivity contribution in [2.75, 3.05) is 20.1 Å². The van der Waals surface area contributed by atoms with Crippen molar-refractivity contribution in [2.45, 2.75) is 83.3 Å². The highest BCUT2D eigenvalue weighted by molar-refractivity contribution is 5.94. The molecule has 2 aromatic rings. The Bertz CT molecular complexity index is 1100. The maximum atomic E-state index is 12.5. The molecule has 0 bridgehead atoms. The molecule has 1 saturated carbocycles. The molecule has 3 atom stereocenters. The first-order valence-electron chi connectivity index (χ1n) is 13.4. The van der Waals surface area contributed by atoms with Crippen LogP contribution in [0.2, 0.25) is 0 Å². The van der Waals surface area contributed by atoms with Crippen molar-refractivity contribution in [3.63, 3.8) is 0 Å². The molecule has 0 radical (unpaired) electrons. The SMILES string of the molecule is CCC(c1ccc(C2CC2)nc1)N1C[C@H](CC)N(/C(=C/C(=O)NC)c2ncc(CC#N)[nH]2)C[C@H]1CC. The third-order valence-corrected chi connectivity index (χ3v) is 7.62. The van der Waals surface area contributed by atoms with Gasteiger partial charge in [0.15, 0.2) is 5.82 Å². The zero-order valence-electron chi connectivity index (χ0n) is 22.0. The molecule has 2 aromatic heterocycles. The van der Waals surface area contributed by atoms with E-state index in [9.17, 15) is 4.79 Å². The molecule has 36 heavy (non-hydrogen) atoms. The molecule has 1 aliphatic heterocycles. The standard InChI is InChI=1S/C28H39N7O/c1-5-22-18-35(26(14-27(36)30-4)28-32-16-21(33-28)12-13-29)23(6-2)17-34(22)25(7-3)20-10-11-24(31-15-20)19-8-9-19/h10-11,14-16,19,22-23,25H,5-9,12,17-18H2,1-4H3,(H,30,36)(H,32,33)/b26-14+/t22-,23+,25?/m1/s1. The number of H-pyrrole nitrogens is 1. The van der Waals surface area contributed by atoms with Gasteiger partial charge in [-0.1, -0.05) is 26.8 Å². The van der Waals surface area contributed by atoms with Crippen LogP contribution in [0.5, 0.6) is 0 Å². The Morgan fingerprint density at radius 3 is 2.56 bits per heavy atom. The number of piperazine rings is 1. The lowest BCUT2D eigenvalue weighted by Crippen LogP contribution is -2.58. The van der Waals surface area contributed by atoms with Crippen molar-refractivity contribution in [1.82, 2.24) is 30.1 Å². The highest BCUT2D eigenvalue weighted by Crippen LogP contribution is 2.40. The molecule has 192 valence electrons. The first-order chi connectivity index (χ1) is 17.5. The van der Waals surface area contributed by atoms with Crippen LogP contribution in [-0.2, 0) is 11.2 Å². The van der Waals surface area contributed by atoms with Crippen molar-refractivity contribution in [3.05, 3.63) is 53.4 Å². The number of nitrogens with zero attached hydrogens (tertiary/aromatic N) is 5. The molecule has 3 heterocycles. The van der Waals surface area contributed by atoms with E-state index in [1.807, 2.05) is 0 Å². The van der Waals surface area contributed by atoms with Crippen LogP contribution in [0.25, 0.3) is 5.70 Å². The molecule has 8 nitrogen and oxygen atoms in total. The van der Waals surface area contributed by atoms with E-state index in [0.29, 0.717) is 23.8 Å². The Labute approximate surface area is 214 Å². The molecular weight excluding hydrogens is 450 g/mol. The number of nitrogens with one attached hydrogen (secondary N) is 2. The van der Waals surface area contributed by atoms with Gasteiger partial charge in [-0.05, 0) is 43.7 Å². The van der Waals surface area contributed by atoms with Crippen LogP contribution in [0.15, 0.2) is 30.6 Å². The molecule has 0 spiro atoms. The van der Waals surface area contributed by atoms with E-state index in [0.717, 1.165) is 43.7 Å². The molecule has 2 N–H and O–H groups in total. The number of amides is 1. The fourth-order valence-electron chi connectivity index (χ4n) is 5.41. The number of hydrogen-bond donors (Lipinski definition) is 2. The lowest BCUT2D eigenvalue weighted by Gasteiger charge is -2.50. The zero-order valence-corrected chi connectivity index (χ0v) is 22.0. The Hall–Kier alpha value is -3.18. The fraction of sp³-hybridized carbons (Fsp3) is 0.571. The van der Waals surface area contributed by atoms with E-state index in [1.54, 1.807) is 19.3 Å². The summed E-state index contributed by atoms with van der Waals surface area (Å²) >= 11 is 0. The number of carbonyl (C=O) groups is 1. The second kappa shape index (κ2) is 11.7. The van der Waals surface area contributed by atoms with Gasteiger partial charge in [0.1, 0.15) is 0 Å². The number of imidazole rings is 1. The molecular formula is C28H39N7O. The van der Waals surface area contributed by atoms with Gasteiger partial charge >= 0.3 is 0 Å². The minimum Gasteiger partial charge on any atom is -0.363 e. The quantitative estimate of drug-likeness (QED) is 0.486. The van der Waals surface area contributed by atoms with Gasteiger partial charge in [0.2, 0.25) is 5.91 Å². The molecule has 2 aliphatic rings. The number of aromatic amines is 1. The lowest BCUT2D eigenvalue weighted by atomic mass is 9.95. The van der Waals surface area contributed by atoms with Gasteiger partial charge in [0, 0.05) is 74.0 Å². The van der Waals surface area contributed by atoms with E-state index < -0.39 is 0 Å². The van der Waals surface area contributed by atoms with Crippen LogP contribution in [0.1, 0.15) is 87.6 Å². The van der Waals surface area contributed by atoms with Crippen molar-refractivity contribution in [2.24, 2.45) is 0 Å². The third kappa shape index (κ3) is 5.62. The average molecular weight is 490 g/mol. The smallest absolute Gasteiger partial charge is 0.245 e. The maximum Gasteiger partial charge on any atom is 0.245 e. The topological polar surface area (TPSA) is 101 Å². The van der Waals surface area contributed by atoms with Crippen molar-refractivity contribution in [1.29, 1.82) is 5.26 Å². The van der Waals surface area contributed by atoms with Gasteiger partial charge in [0.25, 0.3) is 0 Å². The molecule has 1 saturated heterocycles. The summed E-state index contributed by atoms with van der Waals surface area (Å²) in [4.78, 5) is 30.1. The van der Waals surface area contributed by atoms with E-state index in [1.165, 1.54) is 24.1 Å². The summed E-state index contributed by atoms with van der Waals surface area (Å²) in [6, 6.07) is 7.53. The zero-order chi connectivity index (χ0) is 25.7. The van der Waals surface area contributed by atoms with Crippen molar-refractivity contribution >= 4 is 11.6 Å². The molecule has 8 heteroatoms. The van der Waals surface area contributed by atoms with Crippen LogP contribution in [0, 0.1) is 11.3 Å². The van der Waals surface area contributed by atoms with Gasteiger partial charge in [-0.3, -0.25) is 14.7 Å². The molecule has 2 fully saturated rings. The molecule has 4 rings (SSSR count). The van der Waals surface area contributed by atoms with Gasteiger partial charge < -0.3 is 15.2 Å². The van der Waals surface area contributed by atoms with Crippen LogP contribution in [0.3, 0.4) is 0 Å². The second-order valence-corrected chi connectivity index (χ2v) is 9.92. The highest BCUT2D eigenvalue weighted by atomic mass is 16.1. The summed E-state index contributed by atoms with van der Waals surface area (Å²) in [7, 11) is 1.64. The largest absolute Gasteiger partial charge is 0.363 e. The number of likely N-dealkylation sites (N-methyl/N-ethyl adjacent to an activating group) is 1. The summed E-state index contributed by atoms with van der Waals surface area (Å²) < 4.78 is 0. The third-order valence-electron chi connectivity index (χ3n) is 7.62. The van der Waals surface area contributed by atoms with Gasteiger partial charge in [-0.2, -0.15) is 5.26 Å². The predicted octanol–water partition coefficient (Wildman–Crippen LogP) is 4.16. The molecule has 1 aliphatic carbocycles. The van der Waals surface area contributed by atoms with Crippen LogP contribution < -0.4 is 5.32 Å². The number of aromatic nitrogens is 3. The van der Waals surface area contributed by atoms with Crippen LogP contribution in [-0.4, -0.2) is 62.9 Å². The lowest BCUT2D eigenvalue weighted by molar-refractivity contribution is -0.116. The number of rotatable bonds is 10. The van der Waals surface area contributed by atoms with E-state index in [4.69, 9.17) is 10.2 Å². The van der Waals surface area contributed by atoms with Gasteiger partial charge in [0.05, 0.1) is 18.2 Å². The van der Waals surface area contributed by atoms with Crippen LogP contribution in [0.4, 0.5) is 0 Å². The minimum atomic E-state index is -0.165. The molecule has 1 unspecified atom stereocenters. The first kappa shape index (κ1) is 25.9. The Morgan fingerprint density at radius 1 is 1.19 bits per heavy atom. The Balaban J connectivity index is 1.62. The molecule has 0 aromatic carbocycles. The minimum absolute atomic E-state index is 0.165. The predicted molar refractivity (Wildman–Crippen MR) is 141 cm³/mol. The Kier molecular flexibility index (Phi) is 8.42. The van der Waals surface area contributed by atoms with Crippen LogP contribution >= 0.6 is 0 Å². The normalized spacial score (nSPS) is 21.8. The summed E-state index contributed by atoms with van der Waals surface area (Å²) in [5.74, 6) is 1.13. The van der Waals surface area contributed by atoms with E-state index >= 15 is 0 Å². The van der Waals surface area contributed by atoms with Gasteiger partial charge in [-0.25, -0.2) is 4.98 Å². The summed E-state index contributed by atoms with van der Waals surface area (Å²) in [5.41, 5.74) is 4.06. The maximum absolute atomic E-state index is 12.5. The molecule has 1 amide bonds. The highest BCUT2D eigenvalue weighted by Gasteiger charge is 2.38. The van der Waals surface area contributed by atoms with E-state index in [2.05, 4.69) is 70.3 Å². The van der Waals surface area contributed by atoms with Crippen molar-refractivity contribution < 1.29 is 4.79 Å². The van der Waals surface area contributed by atoms with E-state index in [-0.39, 0.29) is 18.4 Å². The number of pyridine rings is 1. The fourth-order valence-corrected chi connectivity index (χ4v) is 5.41. The number of carbonyl (C=O) groups excluding carboxylic acids is 1. The monoisotopic (exact) mass is 489 g/mol. The average Bonchev–Trinajstić information content (AvgIpc) is 3.66. The first-order valence-corrected chi connectivity index (χ1v) is 13.4. The summed E-state index contributed by atoms with van der Waals surface area (Å²) in [5, 5.41) is 11.8. The number of hydrogen-bond acceptors (Lipinski definition) is 6.